The van der Waals surface area contributed by atoms with Gasteiger partial charge >= 0.3 is 0 Å². The number of benzene rings is 1. The maximum atomic E-state index is 13.7. The summed E-state index contributed by atoms with van der Waals surface area (Å²) in [7, 11) is 0. The zero-order valence-electron chi connectivity index (χ0n) is 11.0. The van der Waals surface area contributed by atoms with Crippen molar-refractivity contribution in [1.29, 1.82) is 0 Å². The minimum absolute atomic E-state index is 0.00174. The largest absolute Gasteiger partial charge is 0.469 e. The van der Waals surface area contributed by atoms with Crippen LogP contribution in [0.15, 0.2) is 41.1 Å². The topological polar surface area (TPSA) is 55.1 Å². The van der Waals surface area contributed by atoms with Crippen LogP contribution in [0.4, 0.5) is 14.5 Å². The number of nitrogens with one attached hydrogen (secondary N) is 1. The van der Waals surface area contributed by atoms with Gasteiger partial charge in [0.1, 0.15) is 17.1 Å². The van der Waals surface area contributed by atoms with E-state index >= 15 is 0 Å². The first kappa shape index (κ1) is 13.2. The summed E-state index contributed by atoms with van der Waals surface area (Å²) in [6.07, 6.45) is 2.75. The van der Waals surface area contributed by atoms with Crippen LogP contribution in [0, 0.1) is 18.6 Å². The molecule has 0 atom stereocenters. The fourth-order valence-electron chi connectivity index (χ4n) is 2.10. The van der Waals surface area contributed by atoms with Gasteiger partial charge in [-0.05, 0) is 25.1 Å². The monoisotopic (exact) mass is 288 g/mol. The van der Waals surface area contributed by atoms with Gasteiger partial charge in [0, 0.05) is 17.6 Å². The predicted molar refractivity (Wildman–Crippen MR) is 73.1 cm³/mol. The van der Waals surface area contributed by atoms with Crippen LogP contribution in [-0.2, 0) is 0 Å². The first-order chi connectivity index (χ1) is 10.1. The van der Waals surface area contributed by atoms with Crippen LogP contribution in [-0.4, -0.2) is 10.9 Å². The summed E-state index contributed by atoms with van der Waals surface area (Å²) in [5.74, 6) is -1.47. The molecule has 0 aliphatic carbocycles. The Hall–Kier alpha value is -2.76. The van der Waals surface area contributed by atoms with Gasteiger partial charge in [0.15, 0.2) is 5.82 Å². The van der Waals surface area contributed by atoms with Gasteiger partial charge in [-0.25, -0.2) is 8.78 Å². The van der Waals surface area contributed by atoms with Gasteiger partial charge < -0.3 is 9.73 Å². The SMILES string of the molecule is Cc1occc1C(=O)Nc1ccnc2c(F)cc(F)cc12. The summed E-state index contributed by atoms with van der Waals surface area (Å²) in [6.45, 7) is 1.65. The molecule has 3 aromatic rings. The van der Waals surface area contributed by atoms with Crippen molar-refractivity contribution in [2.45, 2.75) is 6.92 Å². The molecule has 1 aromatic carbocycles. The molecule has 0 aliphatic heterocycles. The third kappa shape index (κ3) is 2.35. The standard InChI is InChI=1S/C15H10F2N2O2/c1-8-10(3-5-21-8)15(20)19-13-2-4-18-14-11(13)6-9(16)7-12(14)17/h2-7H,1H3,(H,18,19,20). The second kappa shape index (κ2) is 4.97. The quantitative estimate of drug-likeness (QED) is 0.782. The molecule has 2 heterocycles. The lowest BCUT2D eigenvalue weighted by atomic mass is 10.1. The fourth-order valence-corrected chi connectivity index (χ4v) is 2.10. The van der Waals surface area contributed by atoms with E-state index in [2.05, 4.69) is 10.3 Å². The maximum absolute atomic E-state index is 13.7. The van der Waals surface area contributed by atoms with Crippen molar-refractivity contribution < 1.29 is 18.0 Å². The van der Waals surface area contributed by atoms with Crippen LogP contribution in [0.2, 0.25) is 0 Å². The van der Waals surface area contributed by atoms with Crippen molar-refractivity contribution in [3.8, 4) is 0 Å². The van der Waals surface area contributed by atoms with Crippen molar-refractivity contribution in [3.63, 3.8) is 0 Å². The van der Waals surface area contributed by atoms with Crippen LogP contribution in [0.3, 0.4) is 0 Å². The van der Waals surface area contributed by atoms with Gasteiger partial charge in [-0.2, -0.15) is 0 Å². The number of rotatable bonds is 2. The number of aryl methyl sites for hydroxylation is 1. The molecule has 0 saturated heterocycles. The lowest BCUT2D eigenvalue weighted by molar-refractivity contribution is 0.102. The van der Waals surface area contributed by atoms with Gasteiger partial charge in [0.2, 0.25) is 0 Å². The van der Waals surface area contributed by atoms with Crippen LogP contribution in [0.5, 0.6) is 0 Å². The first-order valence-electron chi connectivity index (χ1n) is 6.15. The zero-order chi connectivity index (χ0) is 15.0. The number of anilines is 1. The third-order valence-electron chi connectivity index (χ3n) is 3.11. The maximum Gasteiger partial charge on any atom is 0.259 e. The number of furan rings is 1. The Labute approximate surface area is 118 Å². The second-order valence-corrected chi connectivity index (χ2v) is 4.49. The smallest absolute Gasteiger partial charge is 0.259 e. The summed E-state index contributed by atoms with van der Waals surface area (Å²) in [5, 5.41) is 2.81. The molecular formula is C15H10F2N2O2. The molecule has 3 rings (SSSR count). The molecule has 6 heteroatoms. The molecule has 1 amide bonds. The van der Waals surface area contributed by atoms with E-state index in [9.17, 15) is 13.6 Å². The first-order valence-corrected chi connectivity index (χ1v) is 6.15. The molecule has 0 unspecified atom stereocenters. The van der Waals surface area contributed by atoms with Gasteiger partial charge in [0.25, 0.3) is 5.91 Å². The molecule has 0 aliphatic rings. The van der Waals surface area contributed by atoms with Crippen molar-refractivity contribution in [2.24, 2.45) is 0 Å². The number of nitrogens with zero attached hydrogens (tertiary/aromatic N) is 1. The van der Waals surface area contributed by atoms with E-state index < -0.39 is 17.5 Å². The van der Waals surface area contributed by atoms with Crippen LogP contribution < -0.4 is 5.32 Å². The second-order valence-electron chi connectivity index (χ2n) is 4.49. The number of carbonyl (C=O) groups is 1. The Morgan fingerprint density at radius 2 is 2.10 bits per heavy atom. The number of amides is 1. The van der Waals surface area contributed by atoms with Crippen LogP contribution >= 0.6 is 0 Å². The summed E-state index contributed by atoms with van der Waals surface area (Å²) in [5.41, 5.74) is 0.638. The molecule has 0 bridgehead atoms. The Bertz CT molecular complexity index is 843. The normalized spacial score (nSPS) is 10.8. The van der Waals surface area contributed by atoms with Gasteiger partial charge in [-0.15, -0.1) is 0 Å². The van der Waals surface area contributed by atoms with Gasteiger partial charge in [0.05, 0.1) is 17.5 Å². The Kier molecular flexibility index (Phi) is 3.13. The van der Waals surface area contributed by atoms with Gasteiger partial charge in [-0.1, -0.05) is 0 Å². The van der Waals surface area contributed by atoms with Gasteiger partial charge in [-0.3, -0.25) is 9.78 Å². The summed E-state index contributed by atoms with van der Waals surface area (Å²) in [4.78, 5) is 16.0. The van der Waals surface area contributed by atoms with Crippen LogP contribution in [0.1, 0.15) is 16.1 Å². The van der Waals surface area contributed by atoms with E-state index in [0.29, 0.717) is 11.3 Å². The highest BCUT2D eigenvalue weighted by Crippen LogP contribution is 2.25. The molecule has 2 aromatic heterocycles. The number of halogens is 2. The number of carbonyl (C=O) groups excluding carboxylic acids is 1. The highest BCUT2D eigenvalue weighted by molar-refractivity contribution is 6.09. The highest BCUT2D eigenvalue weighted by Gasteiger charge is 2.15. The summed E-state index contributed by atoms with van der Waals surface area (Å²) >= 11 is 0. The summed E-state index contributed by atoms with van der Waals surface area (Å²) in [6, 6.07) is 4.88. The number of hydrogen-bond acceptors (Lipinski definition) is 3. The molecule has 0 saturated carbocycles. The van der Waals surface area contributed by atoms with E-state index in [1.54, 1.807) is 6.92 Å². The molecule has 106 valence electrons. The van der Waals surface area contributed by atoms with Crippen molar-refractivity contribution in [1.82, 2.24) is 4.98 Å². The lowest BCUT2D eigenvalue weighted by Crippen LogP contribution is -2.12. The van der Waals surface area contributed by atoms with Crippen molar-refractivity contribution in [3.05, 3.63) is 59.7 Å². The average Bonchev–Trinajstić information content (AvgIpc) is 2.86. The highest BCUT2D eigenvalue weighted by atomic mass is 19.1. The third-order valence-corrected chi connectivity index (χ3v) is 3.11. The molecule has 0 radical (unpaired) electrons. The van der Waals surface area contributed by atoms with E-state index in [1.807, 2.05) is 0 Å². The van der Waals surface area contributed by atoms with Crippen molar-refractivity contribution >= 4 is 22.5 Å². The van der Waals surface area contributed by atoms with E-state index in [4.69, 9.17) is 4.42 Å². The molecule has 4 nitrogen and oxygen atoms in total. The fraction of sp³-hybridized carbons (Fsp3) is 0.0667. The zero-order valence-corrected chi connectivity index (χ0v) is 11.0. The Morgan fingerprint density at radius 1 is 1.29 bits per heavy atom. The number of pyridine rings is 1. The molecule has 0 spiro atoms. The Morgan fingerprint density at radius 3 is 2.81 bits per heavy atom. The number of aromatic nitrogens is 1. The lowest BCUT2D eigenvalue weighted by Gasteiger charge is -2.08. The molecule has 0 fully saturated rings. The summed E-state index contributed by atoms with van der Waals surface area (Å²) < 4.78 is 32.1. The van der Waals surface area contributed by atoms with E-state index in [1.165, 1.54) is 24.6 Å². The average molecular weight is 288 g/mol. The predicted octanol–water partition coefficient (Wildman–Crippen LogP) is 3.67. The number of hydrogen-bond donors (Lipinski definition) is 1. The number of fused-ring (bicyclic) bond motifs is 1. The Balaban J connectivity index is 2.05. The van der Waals surface area contributed by atoms with Crippen LogP contribution in [0.25, 0.3) is 10.9 Å². The molecule has 1 N–H and O–H groups in total. The minimum Gasteiger partial charge on any atom is -0.469 e. The minimum atomic E-state index is -0.777. The van der Waals surface area contributed by atoms with E-state index in [0.717, 1.165) is 12.1 Å². The molecular weight excluding hydrogens is 278 g/mol. The van der Waals surface area contributed by atoms with Crippen molar-refractivity contribution in [2.75, 3.05) is 5.32 Å². The van der Waals surface area contributed by atoms with E-state index in [-0.39, 0.29) is 16.6 Å². The molecule has 21 heavy (non-hydrogen) atoms.